The Labute approximate surface area is 128 Å². The Morgan fingerprint density at radius 2 is 2.19 bits per heavy atom. The topological polar surface area (TPSA) is 66.8 Å². The zero-order valence-corrected chi connectivity index (χ0v) is 12.5. The molecule has 0 aliphatic heterocycles. The van der Waals surface area contributed by atoms with Crippen molar-refractivity contribution in [1.82, 2.24) is 4.90 Å². The summed E-state index contributed by atoms with van der Waals surface area (Å²) in [6.07, 6.45) is 1.14. The number of carboxylic acids is 1. The van der Waals surface area contributed by atoms with Crippen LogP contribution < -0.4 is 4.74 Å². The maximum atomic E-state index is 11.9. The molecule has 2 rings (SSSR count). The summed E-state index contributed by atoms with van der Waals surface area (Å²) < 4.78 is 5.54. The second-order valence-corrected chi connectivity index (χ2v) is 5.64. The third-order valence-corrected chi connectivity index (χ3v) is 3.74. The molecular formula is C15H18ClNO4. The molecule has 2 atom stereocenters. The highest BCUT2D eigenvalue weighted by molar-refractivity contribution is 6.30. The molecular weight excluding hydrogens is 294 g/mol. The van der Waals surface area contributed by atoms with E-state index >= 15 is 0 Å². The summed E-state index contributed by atoms with van der Waals surface area (Å²) in [4.78, 5) is 24.3. The first kappa shape index (κ1) is 15.6. The van der Waals surface area contributed by atoms with Gasteiger partial charge in [-0.15, -0.1) is 0 Å². The molecule has 114 valence electrons. The molecule has 5 nitrogen and oxygen atoms in total. The van der Waals surface area contributed by atoms with Gasteiger partial charge in [0.25, 0.3) is 0 Å². The Morgan fingerprint density at radius 3 is 2.81 bits per heavy atom. The summed E-state index contributed by atoms with van der Waals surface area (Å²) >= 11 is 5.85. The van der Waals surface area contributed by atoms with E-state index in [-0.39, 0.29) is 11.8 Å². The number of hydrogen-bond acceptors (Lipinski definition) is 3. The number of benzene rings is 1. The molecule has 0 spiro atoms. The van der Waals surface area contributed by atoms with Crippen LogP contribution in [0.4, 0.5) is 0 Å². The van der Waals surface area contributed by atoms with E-state index < -0.39 is 11.9 Å². The van der Waals surface area contributed by atoms with E-state index in [2.05, 4.69) is 0 Å². The molecule has 0 bridgehead atoms. The summed E-state index contributed by atoms with van der Waals surface area (Å²) in [5.41, 5.74) is 0. The van der Waals surface area contributed by atoms with Gasteiger partial charge in [-0.05, 0) is 31.0 Å². The molecule has 0 heterocycles. The summed E-state index contributed by atoms with van der Waals surface area (Å²) in [7, 11) is 1.69. The van der Waals surface area contributed by atoms with Gasteiger partial charge in [0, 0.05) is 18.6 Å². The molecule has 1 aliphatic carbocycles. The lowest BCUT2D eigenvalue weighted by atomic mass is 10.2. The standard InChI is InChI=1S/C15H18ClNO4/c1-17(14(18)12-9-13(12)15(19)20)6-3-7-21-11-5-2-4-10(16)8-11/h2,4-5,8,12-13H,3,6-7,9H2,1H3,(H,19,20). The van der Waals surface area contributed by atoms with Crippen LogP contribution in [-0.2, 0) is 9.59 Å². The first-order valence-corrected chi connectivity index (χ1v) is 7.23. The lowest BCUT2D eigenvalue weighted by molar-refractivity contribution is -0.141. The van der Waals surface area contributed by atoms with Gasteiger partial charge in [-0.1, -0.05) is 17.7 Å². The Bertz CT molecular complexity index is 534. The van der Waals surface area contributed by atoms with E-state index in [0.717, 1.165) is 0 Å². The predicted octanol–water partition coefficient (Wildman–Crippen LogP) is 2.29. The number of ether oxygens (including phenoxy) is 1. The highest BCUT2D eigenvalue weighted by atomic mass is 35.5. The van der Waals surface area contributed by atoms with Crippen LogP contribution in [-0.4, -0.2) is 42.1 Å². The van der Waals surface area contributed by atoms with Crippen LogP contribution in [0.15, 0.2) is 24.3 Å². The van der Waals surface area contributed by atoms with Crippen LogP contribution >= 0.6 is 11.6 Å². The number of halogens is 1. The van der Waals surface area contributed by atoms with Gasteiger partial charge in [-0.2, -0.15) is 0 Å². The number of carbonyl (C=O) groups excluding carboxylic acids is 1. The zero-order valence-electron chi connectivity index (χ0n) is 11.8. The molecule has 1 aromatic rings. The van der Waals surface area contributed by atoms with Crippen molar-refractivity contribution in [2.45, 2.75) is 12.8 Å². The van der Waals surface area contributed by atoms with Crippen LogP contribution in [0.1, 0.15) is 12.8 Å². The Kier molecular flexibility index (Phi) is 5.07. The van der Waals surface area contributed by atoms with E-state index in [1.165, 1.54) is 0 Å². The number of carbonyl (C=O) groups is 2. The molecule has 1 aliphatic rings. The summed E-state index contributed by atoms with van der Waals surface area (Å²) in [5, 5.41) is 9.43. The smallest absolute Gasteiger partial charge is 0.307 e. The zero-order chi connectivity index (χ0) is 15.4. The Hall–Kier alpha value is -1.75. The molecule has 0 aromatic heterocycles. The lowest BCUT2D eigenvalue weighted by Gasteiger charge is -2.17. The third kappa shape index (κ3) is 4.36. The molecule has 1 N–H and O–H groups in total. The van der Waals surface area contributed by atoms with Gasteiger partial charge in [-0.3, -0.25) is 9.59 Å². The molecule has 21 heavy (non-hydrogen) atoms. The van der Waals surface area contributed by atoms with Gasteiger partial charge >= 0.3 is 5.97 Å². The van der Waals surface area contributed by atoms with Crippen LogP contribution in [0, 0.1) is 11.8 Å². The molecule has 1 amide bonds. The van der Waals surface area contributed by atoms with Crippen molar-refractivity contribution in [3.05, 3.63) is 29.3 Å². The number of rotatable bonds is 7. The number of nitrogens with zero attached hydrogens (tertiary/aromatic N) is 1. The van der Waals surface area contributed by atoms with E-state index in [1.54, 1.807) is 24.1 Å². The summed E-state index contributed by atoms with van der Waals surface area (Å²) in [6, 6.07) is 7.14. The normalized spacial score (nSPS) is 19.9. The molecule has 0 radical (unpaired) electrons. The van der Waals surface area contributed by atoms with Crippen LogP contribution in [0.25, 0.3) is 0 Å². The quantitative estimate of drug-likeness (QED) is 0.785. The van der Waals surface area contributed by atoms with Crippen molar-refractivity contribution >= 4 is 23.5 Å². The van der Waals surface area contributed by atoms with Gasteiger partial charge in [0.15, 0.2) is 0 Å². The molecule has 2 unspecified atom stereocenters. The molecule has 1 saturated carbocycles. The molecule has 6 heteroatoms. The van der Waals surface area contributed by atoms with Crippen LogP contribution in [0.5, 0.6) is 5.75 Å². The van der Waals surface area contributed by atoms with E-state index in [4.69, 9.17) is 21.4 Å². The fourth-order valence-corrected chi connectivity index (χ4v) is 2.36. The second kappa shape index (κ2) is 6.80. The van der Waals surface area contributed by atoms with Gasteiger partial charge < -0.3 is 14.7 Å². The van der Waals surface area contributed by atoms with Gasteiger partial charge in [0.05, 0.1) is 18.4 Å². The fraction of sp³-hybridized carbons (Fsp3) is 0.467. The lowest BCUT2D eigenvalue weighted by Crippen LogP contribution is -2.31. The van der Waals surface area contributed by atoms with Gasteiger partial charge in [0.2, 0.25) is 5.91 Å². The molecule has 1 aromatic carbocycles. The number of aliphatic carboxylic acids is 1. The maximum Gasteiger partial charge on any atom is 0.307 e. The van der Waals surface area contributed by atoms with Crippen molar-refractivity contribution < 1.29 is 19.4 Å². The van der Waals surface area contributed by atoms with Crippen molar-refractivity contribution in [1.29, 1.82) is 0 Å². The average Bonchev–Trinajstić information content (AvgIpc) is 3.23. The number of amides is 1. The van der Waals surface area contributed by atoms with Crippen LogP contribution in [0.3, 0.4) is 0 Å². The highest BCUT2D eigenvalue weighted by Crippen LogP contribution is 2.39. The number of carboxylic acid groups (broad SMARTS) is 1. The third-order valence-electron chi connectivity index (χ3n) is 3.50. The van der Waals surface area contributed by atoms with E-state index in [0.29, 0.717) is 36.8 Å². The SMILES string of the molecule is CN(CCCOc1cccc(Cl)c1)C(=O)C1CC1C(=O)O. The maximum absolute atomic E-state index is 11.9. The molecule has 1 fully saturated rings. The first-order valence-electron chi connectivity index (χ1n) is 6.85. The predicted molar refractivity (Wildman–Crippen MR) is 78.4 cm³/mol. The average molecular weight is 312 g/mol. The largest absolute Gasteiger partial charge is 0.493 e. The monoisotopic (exact) mass is 311 g/mol. The van der Waals surface area contributed by atoms with Gasteiger partial charge in [-0.25, -0.2) is 0 Å². The minimum Gasteiger partial charge on any atom is -0.493 e. The molecule has 0 saturated heterocycles. The van der Waals surface area contributed by atoms with Crippen LogP contribution in [0.2, 0.25) is 5.02 Å². The first-order chi connectivity index (χ1) is 9.99. The van der Waals surface area contributed by atoms with Crippen molar-refractivity contribution in [3.63, 3.8) is 0 Å². The number of hydrogen-bond donors (Lipinski definition) is 1. The minimum atomic E-state index is -0.883. The van der Waals surface area contributed by atoms with E-state index in [9.17, 15) is 9.59 Å². The Morgan fingerprint density at radius 1 is 1.43 bits per heavy atom. The Balaban J connectivity index is 1.67. The van der Waals surface area contributed by atoms with Crippen molar-refractivity contribution in [2.24, 2.45) is 11.8 Å². The minimum absolute atomic E-state index is 0.0924. The summed E-state index contributed by atoms with van der Waals surface area (Å²) in [5.74, 6) is -1.12. The van der Waals surface area contributed by atoms with Gasteiger partial charge in [0.1, 0.15) is 5.75 Å². The second-order valence-electron chi connectivity index (χ2n) is 5.21. The summed E-state index contributed by atoms with van der Waals surface area (Å²) in [6.45, 7) is 1.02. The fourth-order valence-electron chi connectivity index (χ4n) is 2.18. The van der Waals surface area contributed by atoms with Crippen molar-refractivity contribution in [3.8, 4) is 5.75 Å². The highest BCUT2D eigenvalue weighted by Gasteiger charge is 2.49. The van der Waals surface area contributed by atoms with Crippen molar-refractivity contribution in [2.75, 3.05) is 20.2 Å². The van der Waals surface area contributed by atoms with E-state index in [1.807, 2.05) is 12.1 Å².